The van der Waals surface area contributed by atoms with Crippen molar-refractivity contribution in [3.05, 3.63) is 21.3 Å². The molecule has 13 heavy (non-hydrogen) atoms. The number of hydrogen-bond donors (Lipinski definition) is 2. The highest BCUT2D eigenvalue weighted by atomic mass is 35.5. The molecule has 1 aromatic rings. The molecule has 0 aliphatic rings. The molecule has 1 rings (SSSR count). The summed E-state index contributed by atoms with van der Waals surface area (Å²) in [6.07, 6.45) is -0.00856. The van der Waals surface area contributed by atoms with Gasteiger partial charge in [-0.1, -0.05) is 24.9 Å². The van der Waals surface area contributed by atoms with E-state index in [4.69, 9.17) is 11.6 Å². The molecule has 4 heteroatoms. The first-order chi connectivity index (χ1) is 6.15. The average molecular weight is 221 g/mol. The van der Waals surface area contributed by atoms with E-state index in [1.165, 1.54) is 11.3 Å². The van der Waals surface area contributed by atoms with Crippen LogP contribution in [0, 0.1) is 0 Å². The Morgan fingerprint density at radius 3 is 2.62 bits per heavy atom. The van der Waals surface area contributed by atoms with Crippen LogP contribution in [0.5, 0.6) is 0 Å². The van der Waals surface area contributed by atoms with Gasteiger partial charge in [0, 0.05) is 4.88 Å². The third-order valence-electron chi connectivity index (χ3n) is 1.83. The predicted octanol–water partition coefficient (Wildman–Crippen LogP) is 2.60. The van der Waals surface area contributed by atoms with Crippen molar-refractivity contribution in [3.63, 3.8) is 0 Å². The van der Waals surface area contributed by atoms with Crippen LogP contribution in [0.3, 0.4) is 0 Å². The molecule has 2 N–H and O–H groups in total. The normalized spacial score (nSPS) is 15.7. The lowest BCUT2D eigenvalue weighted by Gasteiger charge is -2.15. The van der Waals surface area contributed by atoms with Gasteiger partial charge in [0.15, 0.2) is 0 Å². The molecular formula is C9H13ClO2S. The van der Waals surface area contributed by atoms with Crippen molar-refractivity contribution in [2.75, 3.05) is 0 Å². The molecular weight excluding hydrogens is 208 g/mol. The number of aliphatic hydroxyl groups is 2. The smallest absolute Gasteiger partial charge is 0.114 e. The van der Waals surface area contributed by atoms with Crippen LogP contribution < -0.4 is 0 Å². The van der Waals surface area contributed by atoms with E-state index in [0.717, 1.165) is 11.3 Å². The fourth-order valence-corrected chi connectivity index (χ4v) is 2.24. The standard InChI is InChI=1S/C9H13ClO2S/c1-2-3-6(11)9(12)7-4-5-8(10)13-7/h4-6,9,11-12H,2-3H2,1H3. The van der Waals surface area contributed by atoms with Crippen LogP contribution >= 0.6 is 22.9 Å². The van der Waals surface area contributed by atoms with Crippen molar-refractivity contribution >= 4 is 22.9 Å². The Kier molecular flexibility index (Phi) is 4.19. The van der Waals surface area contributed by atoms with Crippen molar-refractivity contribution in [1.29, 1.82) is 0 Å². The van der Waals surface area contributed by atoms with Gasteiger partial charge in [0.05, 0.1) is 10.4 Å². The predicted molar refractivity (Wildman–Crippen MR) is 55.2 cm³/mol. The zero-order chi connectivity index (χ0) is 9.84. The minimum Gasteiger partial charge on any atom is -0.390 e. The fraction of sp³-hybridized carbons (Fsp3) is 0.556. The van der Waals surface area contributed by atoms with Crippen molar-refractivity contribution < 1.29 is 10.2 Å². The second kappa shape index (κ2) is 4.96. The summed E-state index contributed by atoms with van der Waals surface area (Å²) in [6, 6.07) is 3.47. The van der Waals surface area contributed by atoms with Crippen LogP contribution in [0.25, 0.3) is 0 Å². The van der Waals surface area contributed by atoms with Gasteiger partial charge in [0.25, 0.3) is 0 Å². The molecule has 0 spiro atoms. The van der Waals surface area contributed by atoms with E-state index in [2.05, 4.69) is 0 Å². The van der Waals surface area contributed by atoms with E-state index >= 15 is 0 Å². The zero-order valence-electron chi connectivity index (χ0n) is 7.40. The third-order valence-corrected chi connectivity index (χ3v) is 3.14. The quantitative estimate of drug-likeness (QED) is 0.819. The summed E-state index contributed by atoms with van der Waals surface area (Å²) in [5, 5.41) is 19.1. The third kappa shape index (κ3) is 2.95. The van der Waals surface area contributed by atoms with Gasteiger partial charge in [-0.2, -0.15) is 0 Å². The number of hydrogen-bond acceptors (Lipinski definition) is 3. The van der Waals surface area contributed by atoms with E-state index in [0.29, 0.717) is 10.8 Å². The van der Waals surface area contributed by atoms with Gasteiger partial charge in [0.1, 0.15) is 6.10 Å². The highest BCUT2D eigenvalue weighted by Gasteiger charge is 2.18. The van der Waals surface area contributed by atoms with Gasteiger partial charge in [-0.25, -0.2) is 0 Å². The van der Waals surface area contributed by atoms with Gasteiger partial charge < -0.3 is 10.2 Å². The van der Waals surface area contributed by atoms with E-state index in [1.54, 1.807) is 12.1 Å². The molecule has 0 fully saturated rings. The Labute approximate surface area is 86.8 Å². The fourth-order valence-electron chi connectivity index (χ4n) is 1.13. The lowest BCUT2D eigenvalue weighted by Crippen LogP contribution is -2.16. The molecule has 2 atom stereocenters. The van der Waals surface area contributed by atoms with Gasteiger partial charge in [-0.15, -0.1) is 11.3 Å². The number of aliphatic hydroxyl groups excluding tert-OH is 2. The maximum atomic E-state index is 9.64. The van der Waals surface area contributed by atoms with Crippen molar-refractivity contribution in [2.45, 2.75) is 32.0 Å². The minimum absolute atomic E-state index is 0.608. The maximum Gasteiger partial charge on any atom is 0.114 e. The molecule has 0 saturated carbocycles. The van der Waals surface area contributed by atoms with Crippen LogP contribution in [0.4, 0.5) is 0 Å². The van der Waals surface area contributed by atoms with Crippen LogP contribution in [0.2, 0.25) is 4.34 Å². The molecule has 0 bridgehead atoms. The minimum atomic E-state index is -0.794. The van der Waals surface area contributed by atoms with Gasteiger partial charge >= 0.3 is 0 Å². The van der Waals surface area contributed by atoms with Crippen LogP contribution in [0.15, 0.2) is 12.1 Å². The first-order valence-corrected chi connectivity index (χ1v) is 5.46. The maximum absolute atomic E-state index is 9.64. The molecule has 0 amide bonds. The number of thiophene rings is 1. The molecule has 2 unspecified atom stereocenters. The first-order valence-electron chi connectivity index (χ1n) is 4.26. The highest BCUT2D eigenvalue weighted by Crippen LogP contribution is 2.29. The van der Waals surface area contributed by atoms with E-state index in [1.807, 2.05) is 6.92 Å². The SMILES string of the molecule is CCCC(O)C(O)c1ccc(Cl)s1. The zero-order valence-corrected chi connectivity index (χ0v) is 8.98. The topological polar surface area (TPSA) is 40.5 Å². The van der Waals surface area contributed by atoms with Crippen LogP contribution in [-0.4, -0.2) is 16.3 Å². The second-order valence-electron chi connectivity index (χ2n) is 2.94. The molecule has 74 valence electrons. The average Bonchev–Trinajstić information content (AvgIpc) is 2.51. The molecule has 2 nitrogen and oxygen atoms in total. The largest absolute Gasteiger partial charge is 0.390 e. The Bertz CT molecular complexity index is 262. The summed E-state index contributed by atoms with van der Waals surface area (Å²) in [5.74, 6) is 0. The molecule has 0 aliphatic heterocycles. The van der Waals surface area contributed by atoms with Crippen molar-refractivity contribution in [3.8, 4) is 0 Å². The Morgan fingerprint density at radius 2 is 2.15 bits per heavy atom. The lowest BCUT2D eigenvalue weighted by molar-refractivity contribution is 0.0152. The molecule has 0 saturated heterocycles. The second-order valence-corrected chi connectivity index (χ2v) is 4.69. The number of halogens is 1. The summed E-state index contributed by atoms with van der Waals surface area (Å²) in [6.45, 7) is 1.97. The summed E-state index contributed by atoms with van der Waals surface area (Å²) < 4.78 is 0.637. The molecule has 1 heterocycles. The summed E-state index contributed by atoms with van der Waals surface area (Å²) >= 11 is 7.02. The van der Waals surface area contributed by atoms with Crippen molar-refractivity contribution in [2.24, 2.45) is 0 Å². The van der Waals surface area contributed by atoms with Gasteiger partial charge in [0.2, 0.25) is 0 Å². The summed E-state index contributed by atoms with van der Waals surface area (Å²) in [7, 11) is 0. The molecule has 0 aromatic carbocycles. The van der Waals surface area contributed by atoms with E-state index in [9.17, 15) is 10.2 Å². The Balaban J connectivity index is 2.61. The summed E-state index contributed by atoms with van der Waals surface area (Å²) in [4.78, 5) is 0.728. The van der Waals surface area contributed by atoms with Crippen LogP contribution in [-0.2, 0) is 0 Å². The van der Waals surface area contributed by atoms with Gasteiger partial charge in [-0.05, 0) is 18.6 Å². The monoisotopic (exact) mass is 220 g/mol. The Hall–Kier alpha value is -0.0900. The molecule has 0 radical (unpaired) electrons. The highest BCUT2D eigenvalue weighted by molar-refractivity contribution is 7.16. The Morgan fingerprint density at radius 1 is 1.46 bits per heavy atom. The van der Waals surface area contributed by atoms with Gasteiger partial charge in [-0.3, -0.25) is 0 Å². The lowest BCUT2D eigenvalue weighted by atomic mass is 10.1. The van der Waals surface area contributed by atoms with E-state index < -0.39 is 12.2 Å². The van der Waals surface area contributed by atoms with Crippen molar-refractivity contribution in [1.82, 2.24) is 0 Å². The first kappa shape index (κ1) is 11.0. The summed E-state index contributed by atoms with van der Waals surface area (Å²) in [5.41, 5.74) is 0. The molecule has 0 aliphatic carbocycles. The van der Waals surface area contributed by atoms with Crippen LogP contribution in [0.1, 0.15) is 30.7 Å². The number of rotatable bonds is 4. The molecule has 1 aromatic heterocycles. The van der Waals surface area contributed by atoms with E-state index in [-0.39, 0.29) is 0 Å².